The standard InChI is InChI=1S/C13H12N2O4S/c1-8(9-4-5-20-7-9)14-12-6-10(15(18)19)2-3-11(12)13(16)17/h2-8,14H,1H3,(H,16,17). The number of nitro benzene ring substituents is 1. The number of carboxylic acids is 1. The molecular weight excluding hydrogens is 280 g/mol. The Kier molecular flexibility index (Phi) is 3.99. The molecule has 0 saturated carbocycles. The van der Waals surface area contributed by atoms with Crippen LogP contribution in [-0.4, -0.2) is 16.0 Å². The highest BCUT2D eigenvalue weighted by Crippen LogP contribution is 2.27. The summed E-state index contributed by atoms with van der Waals surface area (Å²) in [6, 6.07) is 5.45. The fraction of sp³-hybridized carbons (Fsp3) is 0.154. The number of nitro groups is 1. The number of benzene rings is 1. The second-order valence-corrected chi connectivity index (χ2v) is 4.99. The van der Waals surface area contributed by atoms with Crippen molar-refractivity contribution in [2.45, 2.75) is 13.0 Å². The zero-order chi connectivity index (χ0) is 14.7. The molecule has 0 radical (unpaired) electrons. The van der Waals surface area contributed by atoms with E-state index in [-0.39, 0.29) is 23.0 Å². The Morgan fingerprint density at radius 1 is 1.45 bits per heavy atom. The smallest absolute Gasteiger partial charge is 0.337 e. The predicted molar refractivity (Wildman–Crippen MR) is 76.4 cm³/mol. The predicted octanol–water partition coefficient (Wildman–Crippen LogP) is 3.53. The summed E-state index contributed by atoms with van der Waals surface area (Å²) in [5, 5.41) is 26.8. The molecule has 0 aliphatic carbocycles. The van der Waals surface area contributed by atoms with Gasteiger partial charge in [0.1, 0.15) is 0 Å². The molecule has 2 rings (SSSR count). The van der Waals surface area contributed by atoms with Crippen LogP contribution in [-0.2, 0) is 0 Å². The summed E-state index contributed by atoms with van der Waals surface area (Å²) >= 11 is 1.53. The number of nitrogens with one attached hydrogen (secondary N) is 1. The lowest BCUT2D eigenvalue weighted by molar-refractivity contribution is -0.384. The Bertz CT molecular complexity index is 640. The molecule has 1 aromatic carbocycles. The number of carbonyl (C=O) groups is 1. The van der Waals surface area contributed by atoms with E-state index in [0.717, 1.165) is 5.56 Å². The number of nitrogens with zero attached hydrogens (tertiary/aromatic N) is 1. The van der Waals surface area contributed by atoms with E-state index in [2.05, 4.69) is 5.32 Å². The second kappa shape index (κ2) is 5.70. The monoisotopic (exact) mass is 292 g/mol. The largest absolute Gasteiger partial charge is 0.478 e. The van der Waals surface area contributed by atoms with Gasteiger partial charge in [0.25, 0.3) is 5.69 Å². The molecule has 104 valence electrons. The summed E-state index contributed by atoms with van der Waals surface area (Å²) in [7, 11) is 0. The first-order valence-electron chi connectivity index (χ1n) is 5.79. The number of rotatable bonds is 5. The van der Waals surface area contributed by atoms with Crippen molar-refractivity contribution in [3.8, 4) is 0 Å². The van der Waals surface area contributed by atoms with E-state index in [4.69, 9.17) is 5.11 Å². The number of carboxylic acid groups (broad SMARTS) is 1. The molecule has 0 spiro atoms. The van der Waals surface area contributed by atoms with Crippen LogP contribution in [0, 0.1) is 10.1 Å². The van der Waals surface area contributed by atoms with Gasteiger partial charge in [-0.15, -0.1) is 0 Å². The van der Waals surface area contributed by atoms with Gasteiger partial charge < -0.3 is 10.4 Å². The van der Waals surface area contributed by atoms with Crippen LogP contribution in [0.3, 0.4) is 0 Å². The van der Waals surface area contributed by atoms with Crippen molar-refractivity contribution >= 4 is 28.7 Å². The molecule has 0 amide bonds. The molecule has 2 N–H and O–H groups in total. The molecule has 20 heavy (non-hydrogen) atoms. The van der Waals surface area contributed by atoms with E-state index < -0.39 is 10.9 Å². The van der Waals surface area contributed by atoms with Gasteiger partial charge in [0.05, 0.1) is 16.2 Å². The Morgan fingerprint density at radius 3 is 2.75 bits per heavy atom. The van der Waals surface area contributed by atoms with Gasteiger partial charge in [-0.3, -0.25) is 10.1 Å². The van der Waals surface area contributed by atoms with Gasteiger partial charge in [0, 0.05) is 18.2 Å². The lowest BCUT2D eigenvalue weighted by Crippen LogP contribution is -2.10. The minimum atomic E-state index is -1.13. The number of anilines is 1. The molecule has 7 heteroatoms. The molecule has 6 nitrogen and oxygen atoms in total. The second-order valence-electron chi connectivity index (χ2n) is 4.21. The molecule has 1 atom stereocenters. The summed E-state index contributed by atoms with van der Waals surface area (Å²) in [6.07, 6.45) is 0. The molecule has 2 aromatic rings. The Balaban J connectivity index is 2.35. The summed E-state index contributed by atoms with van der Waals surface area (Å²) in [5.41, 5.74) is 1.11. The van der Waals surface area contributed by atoms with Gasteiger partial charge in [0.2, 0.25) is 0 Å². The SMILES string of the molecule is CC(Nc1cc([N+](=O)[O-])ccc1C(=O)O)c1ccsc1. The Hall–Kier alpha value is -2.41. The first-order valence-corrected chi connectivity index (χ1v) is 6.73. The molecule has 0 aliphatic heterocycles. The van der Waals surface area contributed by atoms with Crippen molar-refractivity contribution < 1.29 is 14.8 Å². The zero-order valence-corrected chi connectivity index (χ0v) is 11.4. The molecule has 1 unspecified atom stereocenters. The number of aromatic carboxylic acids is 1. The molecule has 0 bridgehead atoms. The quantitative estimate of drug-likeness (QED) is 0.649. The van der Waals surface area contributed by atoms with Gasteiger partial charge in [-0.25, -0.2) is 4.79 Å². The molecule has 1 aromatic heterocycles. The van der Waals surface area contributed by atoms with Gasteiger partial charge in [0.15, 0.2) is 0 Å². The highest BCUT2D eigenvalue weighted by Gasteiger charge is 2.17. The van der Waals surface area contributed by atoms with Crippen LogP contribution in [0.2, 0.25) is 0 Å². The molecule has 1 heterocycles. The van der Waals surface area contributed by atoms with Crippen LogP contribution >= 0.6 is 11.3 Å². The number of hydrogen-bond acceptors (Lipinski definition) is 5. The maximum Gasteiger partial charge on any atom is 0.337 e. The minimum Gasteiger partial charge on any atom is -0.478 e. The Labute approximate surface area is 118 Å². The maximum atomic E-state index is 11.2. The third-order valence-corrected chi connectivity index (χ3v) is 3.56. The lowest BCUT2D eigenvalue weighted by atomic mass is 10.1. The van der Waals surface area contributed by atoms with Crippen molar-refractivity contribution in [2.24, 2.45) is 0 Å². The van der Waals surface area contributed by atoms with Crippen molar-refractivity contribution in [2.75, 3.05) is 5.32 Å². The lowest BCUT2D eigenvalue weighted by Gasteiger charge is -2.15. The Morgan fingerprint density at radius 2 is 2.20 bits per heavy atom. The average molecular weight is 292 g/mol. The zero-order valence-electron chi connectivity index (χ0n) is 10.6. The third kappa shape index (κ3) is 2.94. The van der Waals surface area contributed by atoms with Crippen molar-refractivity contribution in [3.05, 3.63) is 56.3 Å². The fourth-order valence-corrected chi connectivity index (χ4v) is 2.54. The average Bonchev–Trinajstić information content (AvgIpc) is 2.92. The van der Waals surface area contributed by atoms with Crippen LogP contribution in [0.4, 0.5) is 11.4 Å². The minimum absolute atomic E-state index is 0.0117. The van der Waals surface area contributed by atoms with Crippen molar-refractivity contribution in [3.63, 3.8) is 0 Å². The molecular formula is C13H12N2O4S. The van der Waals surface area contributed by atoms with Crippen LogP contribution in [0.1, 0.15) is 28.9 Å². The normalized spacial score (nSPS) is 11.8. The first-order chi connectivity index (χ1) is 9.49. The highest BCUT2D eigenvalue weighted by molar-refractivity contribution is 7.07. The van der Waals surface area contributed by atoms with Gasteiger partial charge in [-0.1, -0.05) is 0 Å². The molecule has 0 fully saturated rings. The summed E-state index contributed by atoms with van der Waals surface area (Å²) in [5.74, 6) is -1.13. The molecule has 0 saturated heterocycles. The van der Waals surface area contributed by atoms with E-state index in [0.29, 0.717) is 0 Å². The number of hydrogen-bond donors (Lipinski definition) is 2. The van der Waals surface area contributed by atoms with Crippen LogP contribution < -0.4 is 5.32 Å². The third-order valence-electron chi connectivity index (χ3n) is 2.86. The van der Waals surface area contributed by atoms with Gasteiger partial charge >= 0.3 is 5.97 Å². The number of non-ortho nitro benzene ring substituents is 1. The summed E-state index contributed by atoms with van der Waals surface area (Å²) < 4.78 is 0. The van der Waals surface area contributed by atoms with E-state index >= 15 is 0 Å². The van der Waals surface area contributed by atoms with E-state index in [1.54, 1.807) is 0 Å². The summed E-state index contributed by atoms with van der Waals surface area (Å²) in [4.78, 5) is 21.4. The van der Waals surface area contributed by atoms with E-state index in [9.17, 15) is 14.9 Å². The number of thiophene rings is 1. The summed E-state index contributed by atoms with van der Waals surface area (Å²) in [6.45, 7) is 1.87. The van der Waals surface area contributed by atoms with E-state index in [1.165, 1.54) is 29.5 Å². The van der Waals surface area contributed by atoms with Crippen LogP contribution in [0.15, 0.2) is 35.0 Å². The van der Waals surface area contributed by atoms with Crippen molar-refractivity contribution in [1.29, 1.82) is 0 Å². The fourth-order valence-electron chi connectivity index (χ4n) is 1.79. The topological polar surface area (TPSA) is 92.5 Å². The van der Waals surface area contributed by atoms with Gasteiger partial charge in [-0.05, 0) is 35.4 Å². The highest BCUT2D eigenvalue weighted by atomic mass is 32.1. The van der Waals surface area contributed by atoms with Crippen LogP contribution in [0.25, 0.3) is 0 Å². The maximum absolute atomic E-state index is 11.2. The van der Waals surface area contributed by atoms with Crippen molar-refractivity contribution in [1.82, 2.24) is 0 Å². The first kappa shape index (κ1) is 14.0. The van der Waals surface area contributed by atoms with E-state index in [1.807, 2.05) is 23.8 Å². The molecule has 0 aliphatic rings. The van der Waals surface area contributed by atoms with Crippen LogP contribution in [0.5, 0.6) is 0 Å². The van der Waals surface area contributed by atoms with Gasteiger partial charge in [-0.2, -0.15) is 11.3 Å².